The lowest BCUT2D eigenvalue weighted by molar-refractivity contribution is -0.107. The Bertz CT molecular complexity index is 906. The predicted octanol–water partition coefficient (Wildman–Crippen LogP) is 4.57. The quantitative estimate of drug-likeness (QED) is 0.493. The van der Waals surface area contributed by atoms with Gasteiger partial charge in [-0.05, 0) is 76.2 Å². The molecule has 34 heavy (non-hydrogen) atoms. The molecule has 2 atom stereocenters. The van der Waals surface area contributed by atoms with E-state index in [2.05, 4.69) is 28.9 Å². The molecule has 1 aliphatic carbocycles. The van der Waals surface area contributed by atoms with Crippen molar-refractivity contribution in [1.82, 2.24) is 15.0 Å². The number of ether oxygens (including phenoxy) is 1. The van der Waals surface area contributed by atoms with Crippen LogP contribution in [-0.2, 0) is 11.2 Å². The highest BCUT2D eigenvalue weighted by atomic mass is 19.1. The first-order valence-corrected chi connectivity index (χ1v) is 12.3. The number of piperidine rings is 1. The average Bonchev–Trinajstić information content (AvgIpc) is 3.38. The topological polar surface area (TPSA) is 71.7 Å². The van der Waals surface area contributed by atoms with Gasteiger partial charge in [0.25, 0.3) is 0 Å². The van der Waals surface area contributed by atoms with E-state index < -0.39 is 0 Å². The van der Waals surface area contributed by atoms with Gasteiger partial charge in [0.2, 0.25) is 0 Å². The Morgan fingerprint density at radius 3 is 2.56 bits per heavy atom. The van der Waals surface area contributed by atoms with Crippen LogP contribution in [0, 0.1) is 23.6 Å². The number of aromatic nitrogens is 2. The third kappa shape index (κ3) is 7.52. The number of halogens is 1. The second-order valence-electron chi connectivity index (χ2n) is 10.2. The summed E-state index contributed by atoms with van der Waals surface area (Å²) in [6, 6.07) is 5.40. The van der Waals surface area contributed by atoms with Crippen LogP contribution in [-0.4, -0.2) is 62.2 Å². The monoisotopic (exact) mass is 474 g/mol. The summed E-state index contributed by atoms with van der Waals surface area (Å²) in [5.41, 5.74) is 0.409. The van der Waals surface area contributed by atoms with Crippen LogP contribution in [0.5, 0.6) is 5.75 Å². The zero-order valence-corrected chi connectivity index (χ0v) is 21.2. The van der Waals surface area contributed by atoms with E-state index in [4.69, 9.17) is 9.26 Å². The average molecular weight is 475 g/mol. The lowest BCUT2D eigenvalue weighted by Gasteiger charge is -2.30. The lowest BCUT2D eigenvalue weighted by atomic mass is 9.90. The van der Waals surface area contributed by atoms with Crippen molar-refractivity contribution in [3.63, 3.8) is 0 Å². The highest BCUT2D eigenvalue weighted by Crippen LogP contribution is 2.50. The van der Waals surface area contributed by atoms with Gasteiger partial charge in [-0.3, -0.25) is 0 Å². The molecule has 0 radical (unpaired) electrons. The third-order valence-corrected chi connectivity index (χ3v) is 6.43. The van der Waals surface area contributed by atoms with Crippen LogP contribution >= 0.6 is 0 Å². The molecule has 2 unspecified atom stereocenters. The molecule has 2 aromatic rings. The molecule has 1 saturated heterocycles. The molecule has 7 nitrogen and oxygen atoms in total. The second kappa shape index (κ2) is 12.3. The van der Waals surface area contributed by atoms with Gasteiger partial charge in [0.15, 0.2) is 5.82 Å². The van der Waals surface area contributed by atoms with Gasteiger partial charge in [-0.2, -0.15) is 4.98 Å². The summed E-state index contributed by atoms with van der Waals surface area (Å²) in [6.45, 7) is 6.67. The summed E-state index contributed by atoms with van der Waals surface area (Å²) < 4.78 is 25.0. The Kier molecular flexibility index (Phi) is 9.45. The van der Waals surface area contributed by atoms with Crippen LogP contribution in [0.15, 0.2) is 22.7 Å². The molecular weight excluding hydrogens is 435 g/mol. The SMILES string of the molecule is CC(C)c1noc(N2CCC(C3CC3CCOc3ccc(CC=O)c(F)c3)CC2)n1.CN(C)C. The number of aldehydes is 1. The Morgan fingerprint density at radius 2 is 1.97 bits per heavy atom. The molecule has 1 aromatic heterocycles. The van der Waals surface area contributed by atoms with E-state index in [1.807, 2.05) is 26.0 Å². The van der Waals surface area contributed by atoms with Crippen LogP contribution in [0.25, 0.3) is 0 Å². The second-order valence-corrected chi connectivity index (χ2v) is 10.2. The standard InChI is InChI=1S/C23H30FN3O3.C3H9N/c1-15(2)22-25-23(30-26-22)27-9-5-16(6-10-27)20-13-18(20)8-12-29-19-4-3-17(7-11-28)21(24)14-19;1-4(2)3/h3-4,11,14-16,18,20H,5-10,12-13H2,1-2H3;1-3H3. The maximum Gasteiger partial charge on any atom is 0.324 e. The lowest BCUT2D eigenvalue weighted by Crippen LogP contribution is -2.34. The first kappa shape index (κ1) is 26.1. The normalized spacial score (nSPS) is 20.3. The van der Waals surface area contributed by atoms with E-state index in [0.717, 1.165) is 50.0 Å². The van der Waals surface area contributed by atoms with Crippen molar-refractivity contribution < 1.29 is 18.4 Å². The van der Waals surface area contributed by atoms with Gasteiger partial charge in [0.1, 0.15) is 17.9 Å². The van der Waals surface area contributed by atoms with Crippen molar-refractivity contribution in [2.24, 2.45) is 17.8 Å². The molecule has 2 fully saturated rings. The minimum Gasteiger partial charge on any atom is -0.493 e. The van der Waals surface area contributed by atoms with Crippen molar-refractivity contribution in [2.75, 3.05) is 45.7 Å². The predicted molar refractivity (Wildman–Crippen MR) is 131 cm³/mol. The summed E-state index contributed by atoms with van der Waals surface area (Å²) in [4.78, 5) is 19.3. The Hall–Kier alpha value is -2.48. The molecule has 0 amide bonds. The van der Waals surface area contributed by atoms with Gasteiger partial charge >= 0.3 is 6.01 Å². The van der Waals surface area contributed by atoms with Gasteiger partial charge in [-0.1, -0.05) is 25.1 Å². The number of hydrogen-bond acceptors (Lipinski definition) is 7. The van der Waals surface area contributed by atoms with Gasteiger partial charge in [0.05, 0.1) is 6.61 Å². The van der Waals surface area contributed by atoms with Crippen LogP contribution in [0.3, 0.4) is 0 Å². The molecule has 0 spiro atoms. The van der Waals surface area contributed by atoms with Gasteiger partial charge in [-0.15, -0.1) is 0 Å². The molecule has 1 aromatic carbocycles. The summed E-state index contributed by atoms with van der Waals surface area (Å²) >= 11 is 0. The number of benzene rings is 1. The summed E-state index contributed by atoms with van der Waals surface area (Å²) in [7, 11) is 6.00. The van der Waals surface area contributed by atoms with Gasteiger partial charge < -0.3 is 23.9 Å². The molecule has 4 rings (SSSR count). The fraction of sp³-hybridized carbons (Fsp3) is 0.654. The summed E-state index contributed by atoms with van der Waals surface area (Å²) in [5, 5.41) is 4.07. The van der Waals surface area contributed by atoms with Crippen molar-refractivity contribution in [2.45, 2.75) is 51.9 Å². The third-order valence-electron chi connectivity index (χ3n) is 6.43. The zero-order valence-electron chi connectivity index (χ0n) is 21.2. The smallest absolute Gasteiger partial charge is 0.324 e. The maximum atomic E-state index is 13.9. The molecule has 0 bridgehead atoms. The number of carbonyl (C=O) groups is 1. The Balaban J connectivity index is 0.000000751. The molecule has 0 N–H and O–H groups in total. The van der Waals surface area contributed by atoms with Crippen LogP contribution in [0.4, 0.5) is 10.4 Å². The minimum atomic E-state index is -0.377. The molecule has 2 aliphatic rings. The summed E-state index contributed by atoms with van der Waals surface area (Å²) in [5.74, 6) is 3.44. The van der Waals surface area contributed by atoms with Crippen LogP contribution in [0.1, 0.15) is 56.8 Å². The first-order valence-electron chi connectivity index (χ1n) is 12.3. The van der Waals surface area contributed by atoms with Crippen molar-refractivity contribution in [3.05, 3.63) is 35.4 Å². The highest BCUT2D eigenvalue weighted by Gasteiger charge is 2.43. The molecule has 1 saturated carbocycles. The summed E-state index contributed by atoms with van der Waals surface area (Å²) in [6.07, 6.45) is 5.39. The number of rotatable bonds is 9. The minimum absolute atomic E-state index is 0.0973. The van der Waals surface area contributed by atoms with Crippen LogP contribution in [0.2, 0.25) is 0 Å². The molecule has 8 heteroatoms. The van der Waals surface area contributed by atoms with Crippen LogP contribution < -0.4 is 9.64 Å². The van der Waals surface area contributed by atoms with Gasteiger partial charge in [0, 0.05) is 31.5 Å². The van der Waals surface area contributed by atoms with E-state index >= 15 is 0 Å². The van der Waals surface area contributed by atoms with Crippen molar-refractivity contribution in [3.8, 4) is 5.75 Å². The van der Waals surface area contributed by atoms with Crippen molar-refractivity contribution in [1.29, 1.82) is 0 Å². The van der Waals surface area contributed by atoms with E-state index in [1.165, 1.54) is 12.5 Å². The number of anilines is 1. The molecule has 2 heterocycles. The largest absolute Gasteiger partial charge is 0.493 e. The van der Waals surface area contributed by atoms with E-state index in [1.54, 1.807) is 12.1 Å². The number of hydrogen-bond donors (Lipinski definition) is 0. The number of carbonyl (C=O) groups excluding carboxylic acids is 1. The molecule has 188 valence electrons. The van der Waals surface area contributed by atoms with E-state index in [0.29, 0.717) is 36.1 Å². The fourth-order valence-electron chi connectivity index (χ4n) is 4.49. The van der Waals surface area contributed by atoms with Crippen molar-refractivity contribution >= 4 is 12.3 Å². The van der Waals surface area contributed by atoms with E-state index in [9.17, 15) is 9.18 Å². The number of nitrogens with zero attached hydrogens (tertiary/aromatic N) is 4. The first-order chi connectivity index (χ1) is 16.3. The molecule has 1 aliphatic heterocycles. The maximum absolute atomic E-state index is 13.9. The Morgan fingerprint density at radius 1 is 1.26 bits per heavy atom. The zero-order chi connectivity index (χ0) is 24.7. The van der Waals surface area contributed by atoms with E-state index in [-0.39, 0.29) is 18.2 Å². The molecular formula is C26H39FN4O3. The fourth-order valence-corrected chi connectivity index (χ4v) is 4.49. The highest BCUT2D eigenvalue weighted by molar-refractivity contribution is 5.55. The van der Waals surface area contributed by atoms with Gasteiger partial charge in [-0.25, -0.2) is 4.39 Å². The Labute approximate surface area is 202 Å².